The summed E-state index contributed by atoms with van der Waals surface area (Å²) in [6.45, 7) is -1.00. The lowest BCUT2D eigenvalue weighted by molar-refractivity contribution is -0.144. The molecule has 0 saturated carbocycles. The second kappa shape index (κ2) is 4.69. The van der Waals surface area contributed by atoms with Crippen molar-refractivity contribution in [2.45, 2.75) is 12.7 Å². The normalized spacial score (nSPS) is 12.1. The molecule has 0 unspecified atom stereocenters. The van der Waals surface area contributed by atoms with Crippen LogP contribution in [0.4, 0.5) is 23.2 Å². The highest BCUT2D eigenvalue weighted by Crippen LogP contribution is 2.18. The Labute approximate surface area is 90.7 Å². The molecule has 0 saturated heterocycles. The standard InChI is InChI=1S/C10H12F4N2/c1-16(6-10(12,13)14)5-7-2-3-9(15)8(11)4-7/h2-4H,5-6,15H2,1H3. The molecule has 2 nitrogen and oxygen atoms in total. The molecule has 0 aliphatic heterocycles. The Hall–Kier alpha value is -1.30. The Bertz CT molecular complexity index is 362. The molecule has 6 heteroatoms. The van der Waals surface area contributed by atoms with Gasteiger partial charge in [0.1, 0.15) is 5.82 Å². The molecule has 0 radical (unpaired) electrons. The Balaban J connectivity index is 2.63. The van der Waals surface area contributed by atoms with Crippen molar-refractivity contribution in [1.82, 2.24) is 4.90 Å². The summed E-state index contributed by atoms with van der Waals surface area (Å²) in [5.74, 6) is -0.613. The summed E-state index contributed by atoms with van der Waals surface area (Å²) in [7, 11) is 1.32. The Morgan fingerprint density at radius 1 is 1.31 bits per heavy atom. The topological polar surface area (TPSA) is 29.3 Å². The first kappa shape index (κ1) is 12.8. The minimum atomic E-state index is -4.25. The van der Waals surface area contributed by atoms with Gasteiger partial charge >= 0.3 is 6.18 Å². The van der Waals surface area contributed by atoms with Crippen LogP contribution in [0.2, 0.25) is 0 Å². The van der Waals surface area contributed by atoms with Crippen molar-refractivity contribution in [2.75, 3.05) is 19.3 Å². The molecule has 0 heterocycles. The molecule has 0 aromatic heterocycles. The van der Waals surface area contributed by atoms with E-state index < -0.39 is 18.5 Å². The summed E-state index contributed by atoms with van der Waals surface area (Å²) in [4.78, 5) is 1.06. The Morgan fingerprint density at radius 2 is 1.94 bits per heavy atom. The van der Waals surface area contributed by atoms with E-state index in [0.717, 1.165) is 11.0 Å². The molecule has 0 fully saturated rings. The number of rotatable bonds is 3. The van der Waals surface area contributed by atoms with Crippen molar-refractivity contribution in [3.05, 3.63) is 29.6 Å². The van der Waals surface area contributed by atoms with Gasteiger partial charge in [-0.1, -0.05) is 6.07 Å². The van der Waals surface area contributed by atoms with Crippen molar-refractivity contribution in [3.63, 3.8) is 0 Å². The van der Waals surface area contributed by atoms with Gasteiger partial charge in [-0.15, -0.1) is 0 Å². The van der Waals surface area contributed by atoms with E-state index in [1.807, 2.05) is 0 Å². The molecule has 90 valence electrons. The molecule has 1 rings (SSSR count). The largest absolute Gasteiger partial charge is 0.401 e. The van der Waals surface area contributed by atoms with Gasteiger partial charge in [0, 0.05) is 6.54 Å². The number of nitrogens with zero attached hydrogens (tertiary/aromatic N) is 1. The molecular formula is C10H12F4N2. The van der Waals surface area contributed by atoms with Crippen molar-refractivity contribution < 1.29 is 17.6 Å². The zero-order chi connectivity index (χ0) is 12.3. The number of hydrogen-bond acceptors (Lipinski definition) is 2. The van der Waals surface area contributed by atoms with Gasteiger partial charge in [0.15, 0.2) is 0 Å². The van der Waals surface area contributed by atoms with Crippen LogP contribution in [0, 0.1) is 5.82 Å². The van der Waals surface area contributed by atoms with Gasteiger partial charge in [0.2, 0.25) is 0 Å². The maximum absolute atomic E-state index is 13.0. The van der Waals surface area contributed by atoms with Crippen LogP contribution < -0.4 is 5.73 Å². The molecule has 16 heavy (non-hydrogen) atoms. The number of anilines is 1. The molecule has 0 atom stereocenters. The quantitative estimate of drug-likeness (QED) is 0.645. The Morgan fingerprint density at radius 3 is 2.44 bits per heavy atom. The first-order chi connectivity index (χ1) is 7.28. The van der Waals surface area contributed by atoms with Crippen LogP contribution in [0.1, 0.15) is 5.56 Å². The molecular weight excluding hydrogens is 224 g/mol. The van der Waals surface area contributed by atoms with Gasteiger partial charge in [-0.3, -0.25) is 4.90 Å². The molecule has 0 aliphatic carbocycles. The van der Waals surface area contributed by atoms with E-state index in [-0.39, 0.29) is 12.2 Å². The highest BCUT2D eigenvalue weighted by atomic mass is 19.4. The van der Waals surface area contributed by atoms with Gasteiger partial charge in [-0.25, -0.2) is 4.39 Å². The monoisotopic (exact) mass is 236 g/mol. The lowest BCUT2D eigenvalue weighted by Crippen LogP contribution is -2.30. The number of hydrogen-bond donors (Lipinski definition) is 1. The van der Waals surface area contributed by atoms with Crippen molar-refractivity contribution in [3.8, 4) is 0 Å². The van der Waals surface area contributed by atoms with Crippen LogP contribution in [-0.2, 0) is 6.54 Å². The van der Waals surface area contributed by atoms with Crippen LogP contribution in [-0.4, -0.2) is 24.7 Å². The maximum Gasteiger partial charge on any atom is 0.401 e. The van der Waals surface area contributed by atoms with E-state index in [0.29, 0.717) is 5.56 Å². The van der Waals surface area contributed by atoms with E-state index >= 15 is 0 Å². The molecule has 1 aromatic carbocycles. The molecule has 0 bridgehead atoms. The second-order valence-electron chi connectivity index (χ2n) is 3.64. The van der Waals surface area contributed by atoms with Crippen molar-refractivity contribution >= 4 is 5.69 Å². The first-order valence-electron chi connectivity index (χ1n) is 4.57. The summed E-state index contributed by atoms with van der Waals surface area (Å²) in [6.07, 6.45) is -4.25. The fraction of sp³-hybridized carbons (Fsp3) is 0.400. The number of halogens is 4. The van der Waals surface area contributed by atoms with Gasteiger partial charge < -0.3 is 5.73 Å². The fourth-order valence-electron chi connectivity index (χ4n) is 1.34. The summed E-state index contributed by atoms with van der Waals surface area (Å²) < 4.78 is 49.1. The van der Waals surface area contributed by atoms with Gasteiger partial charge in [-0.2, -0.15) is 13.2 Å². The van der Waals surface area contributed by atoms with Gasteiger partial charge in [0.05, 0.1) is 12.2 Å². The maximum atomic E-state index is 13.0. The smallest absolute Gasteiger partial charge is 0.396 e. The molecule has 1 aromatic rings. The number of nitrogen functional groups attached to an aromatic ring is 1. The van der Waals surface area contributed by atoms with Gasteiger partial charge in [0.25, 0.3) is 0 Å². The van der Waals surface area contributed by atoms with E-state index in [9.17, 15) is 17.6 Å². The highest BCUT2D eigenvalue weighted by Gasteiger charge is 2.29. The Kier molecular flexibility index (Phi) is 3.74. The second-order valence-corrected chi connectivity index (χ2v) is 3.64. The third kappa shape index (κ3) is 4.06. The van der Waals surface area contributed by atoms with Crippen LogP contribution in [0.25, 0.3) is 0 Å². The number of nitrogens with two attached hydrogens (primary N) is 1. The van der Waals surface area contributed by atoms with E-state index in [2.05, 4.69) is 0 Å². The van der Waals surface area contributed by atoms with Crippen molar-refractivity contribution in [2.24, 2.45) is 0 Å². The predicted molar refractivity (Wildman–Crippen MR) is 53.2 cm³/mol. The first-order valence-corrected chi connectivity index (χ1v) is 4.57. The van der Waals surface area contributed by atoms with Crippen LogP contribution in [0.5, 0.6) is 0 Å². The average molecular weight is 236 g/mol. The van der Waals surface area contributed by atoms with E-state index in [1.54, 1.807) is 0 Å². The zero-order valence-corrected chi connectivity index (χ0v) is 8.68. The van der Waals surface area contributed by atoms with Crippen LogP contribution in [0.3, 0.4) is 0 Å². The van der Waals surface area contributed by atoms with Crippen molar-refractivity contribution in [1.29, 1.82) is 0 Å². The van der Waals surface area contributed by atoms with Crippen LogP contribution in [0.15, 0.2) is 18.2 Å². The third-order valence-electron chi connectivity index (χ3n) is 1.97. The average Bonchev–Trinajstić information content (AvgIpc) is 2.08. The van der Waals surface area contributed by atoms with Crippen LogP contribution >= 0.6 is 0 Å². The number of alkyl halides is 3. The van der Waals surface area contributed by atoms with E-state index in [1.165, 1.54) is 19.2 Å². The molecule has 0 amide bonds. The summed E-state index contributed by atoms with van der Waals surface area (Å²) in [5, 5.41) is 0. The predicted octanol–water partition coefficient (Wildman–Crippen LogP) is 2.40. The summed E-state index contributed by atoms with van der Waals surface area (Å²) in [5.41, 5.74) is 5.70. The summed E-state index contributed by atoms with van der Waals surface area (Å²) in [6, 6.07) is 3.99. The SMILES string of the molecule is CN(Cc1ccc(N)c(F)c1)CC(F)(F)F. The molecule has 2 N–H and O–H groups in total. The highest BCUT2D eigenvalue weighted by molar-refractivity contribution is 5.41. The molecule has 0 spiro atoms. The lowest BCUT2D eigenvalue weighted by Gasteiger charge is -2.18. The number of benzene rings is 1. The lowest BCUT2D eigenvalue weighted by atomic mass is 10.2. The van der Waals surface area contributed by atoms with E-state index in [4.69, 9.17) is 5.73 Å². The minimum absolute atomic E-state index is 0.0118. The minimum Gasteiger partial charge on any atom is -0.396 e. The van der Waals surface area contributed by atoms with Gasteiger partial charge in [-0.05, 0) is 24.7 Å². The fourth-order valence-corrected chi connectivity index (χ4v) is 1.34. The summed E-state index contributed by atoms with van der Waals surface area (Å²) >= 11 is 0. The molecule has 0 aliphatic rings. The third-order valence-corrected chi connectivity index (χ3v) is 1.97. The zero-order valence-electron chi connectivity index (χ0n) is 8.68.